The summed E-state index contributed by atoms with van der Waals surface area (Å²) >= 11 is 0. The number of Topliss-reactive ketones (excluding diaryl/α,β-unsaturated/α-hetero) is 1. The highest BCUT2D eigenvalue weighted by molar-refractivity contribution is 5.97. The SMILES string of the molecule is CC(=O)c1cccc(NC(=O)CCC(=O)OCC(=O)Nc2cc(C)on2)c1. The van der Waals surface area contributed by atoms with Gasteiger partial charge in [0, 0.05) is 23.7 Å². The smallest absolute Gasteiger partial charge is 0.306 e. The van der Waals surface area contributed by atoms with E-state index < -0.39 is 24.4 Å². The lowest BCUT2D eigenvalue weighted by Gasteiger charge is -2.07. The number of amides is 2. The molecule has 0 aliphatic carbocycles. The van der Waals surface area contributed by atoms with E-state index in [-0.39, 0.29) is 24.4 Å². The number of aromatic nitrogens is 1. The molecule has 0 saturated carbocycles. The number of ether oxygens (including phenoxy) is 1. The summed E-state index contributed by atoms with van der Waals surface area (Å²) in [6, 6.07) is 7.99. The summed E-state index contributed by atoms with van der Waals surface area (Å²) in [5.74, 6) is -1.02. The molecule has 0 radical (unpaired) electrons. The van der Waals surface area contributed by atoms with Crippen molar-refractivity contribution in [3.05, 3.63) is 41.7 Å². The fourth-order valence-electron chi connectivity index (χ4n) is 2.08. The molecule has 2 N–H and O–H groups in total. The van der Waals surface area contributed by atoms with Crippen LogP contribution in [0.5, 0.6) is 0 Å². The zero-order valence-corrected chi connectivity index (χ0v) is 14.9. The second-order valence-corrected chi connectivity index (χ2v) is 5.72. The van der Waals surface area contributed by atoms with Crippen LogP contribution in [0.2, 0.25) is 0 Å². The predicted octanol–water partition coefficient (Wildman–Crippen LogP) is 2.09. The van der Waals surface area contributed by atoms with Crippen LogP contribution in [0.1, 0.15) is 35.9 Å². The van der Waals surface area contributed by atoms with Crippen molar-refractivity contribution in [1.82, 2.24) is 5.16 Å². The molecule has 0 aliphatic heterocycles. The van der Waals surface area contributed by atoms with Gasteiger partial charge < -0.3 is 19.9 Å². The van der Waals surface area contributed by atoms with Gasteiger partial charge >= 0.3 is 5.97 Å². The van der Waals surface area contributed by atoms with Crippen LogP contribution in [0.15, 0.2) is 34.9 Å². The van der Waals surface area contributed by atoms with Crippen molar-refractivity contribution in [3.8, 4) is 0 Å². The van der Waals surface area contributed by atoms with Crippen LogP contribution in [0, 0.1) is 6.92 Å². The first kappa shape index (κ1) is 19.8. The summed E-state index contributed by atoms with van der Waals surface area (Å²) < 4.78 is 9.59. The monoisotopic (exact) mass is 373 g/mol. The Labute approximate surface area is 155 Å². The van der Waals surface area contributed by atoms with E-state index in [1.807, 2.05) is 0 Å². The minimum absolute atomic E-state index is 0.117. The van der Waals surface area contributed by atoms with E-state index in [0.29, 0.717) is 17.0 Å². The van der Waals surface area contributed by atoms with Crippen LogP contribution < -0.4 is 10.6 Å². The second-order valence-electron chi connectivity index (χ2n) is 5.72. The number of hydrogen-bond acceptors (Lipinski definition) is 7. The number of aryl methyl sites for hydroxylation is 1. The lowest BCUT2D eigenvalue weighted by molar-refractivity contribution is -0.147. The van der Waals surface area contributed by atoms with Crippen molar-refractivity contribution in [1.29, 1.82) is 0 Å². The molecule has 2 rings (SSSR count). The van der Waals surface area contributed by atoms with Crippen LogP contribution in [-0.2, 0) is 19.1 Å². The highest BCUT2D eigenvalue weighted by atomic mass is 16.5. The summed E-state index contributed by atoms with van der Waals surface area (Å²) in [4.78, 5) is 46.5. The van der Waals surface area contributed by atoms with E-state index in [1.165, 1.54) is 13.0 Å². The van der Waals surface area contributed by atoms with Gasteiger partial charge in [-0.05, 0) is 26.0 Å². The summed E-state index contributed by atoms with van der Waals surface area (Å²) in [5, 5.41) is 8.58. The Hall–Kier alpha value is -3.49. The van der Waals surface area contributed by atoms with E-state index in [0.717, 1.165) is 0 Å². The average Bonchev–Trinajstić information content (AvgIpc) is 3.03. The molecule has 0 saturated heterocycles. The van der Waals surface area contributed by atoms with Crippen molar-refractivity contribution in [2.45, 2.75) is 26.7 Å². The summed E-state index contributed by atoms with van der Waals surface area (Å²) in [6.07, 6.45) is -0.304. The molecule has 2 amide bonds. The van der Waals surface area contributed by atoms with Crippen molar-refractivity contribution in [2.75, 3.05) is 17.2 Å². The van der Waals surface area contributed by atoms with Crippen LogP contribution in [0.4, 0.5) is 11.5 Å². The molecule has 9 heteroatoms. The molecule has 1 heterocycles. The molecule has 1 aromatic carbocycles. The third kappa shape index (κ3) is 6.73. The van der Waals surface area contributed by atoms with Crippen LogP contribution >= 0.6 is 0 Å². The van der Waals surface area contributed by atoms with Crippen molar-refractivity contribution in [3.63, 3.8) is 0 Å². The normalized spacial score (nSPS) is 10.1. The van der Waals surface area contributed by atoms with E-state index in [2.05, 4.69) is 15.8 Å². The van der Waals surface area contributed by atoms with Gasteiger partial charge in [0.05, 0.1) is 6.42 Å². The number of ketones is 1. The molecule has 27 heavy (non-hydrogen) atoms. The fourth-order valence-corrected chi connectivity index (χ4v) is 2.08. The second kappa shape index (κ2) is 9.27. The van der Waals surface area contributed by atoms with E-state index in [4.69, 9.17) is 9.26 Å². The molecule has 0 bridgehead atoms. The Morgan fingerprint density at radius 2 is 1.85 bits per heavy atom. The van der Waals surface area contributed by atoms with Crippen molar-refractivity contribution in [2.24, 2.45) is 0 Å². The Bertz CT molecular complexity index is 858. The lowest BCUT2D eigenvalue weighted by atomic mass is 10.1. The van der Waals surface area contributed by atoms with Crippen LogP contribution in [-0.4, -0.2) is 35.3 Å². The third-order valence-corrected chi connectivity index (χ3v) is 3.37. The molecule has 1 aromatic heterocycles. The topological polar surface area (TPSA) is 128 Å². The van der Waals surface area contributed by atoms with Gasteiger partial charge in [-0.2, -0.15) is 0 Å². The molecule has 2 aromatic rings. The zero-order chi connectivity index (χ0) is 19.8. The van der Waals surface area contributed by atoms with Crippen molar-refractivity contribution >= 4 is 35.1 Å². The number of hydrogen-bond donors (Lipinski definition) is 2. The quantitative estimate of drug-likeness (QED) is 0.535. The van der Waals surface area contributed by atoms with Gasteiger partial charge in [0.2, 0.25) is 5.91 Å². The Morgan fingerprint density at radius 1 is 1.07 bits per heavy atom. The average molecular weight is 373 g/mol. The molecule has 9 nitrogen and oxygen atoms in total. The van der Waals surface area contributed by atoms with Crippen LogP contribution in [0.25, 0.3) is 0 Å². The maximum atomic E-state index is 11.9. The standard InChI is InChI=1S/C18H19N3O6/c1-11-8-15(21-27-11)20-17(24)10-26-18(25)7-6-16(23)19-14-5-3-4-13(9-14)12(2)22/h3-5,8-9H,6-7,10H2,1-2H3,(H,19,23)(H,20,21,24). The number of nitrogens with one attached hydrogen (secondary N) is 2. The first-order chi connectivity index (χ1) is 12.8. The Kier molecular flexibility index (Phi) is 6.81. The largest absolute Gasteiger partial charge is 0.456 e. The van der Waals surface area contributed by atoms with E-state index >= 15 is 0 Å². The first-order valence-electron chi connectivity index (χ1n) is 8.13. The molecule has 0 unspecified atom stereocenters. The Balaban J connectivity index is 1.70. The fraction of sp³-hybridized carbons (Fsp3) is 0.278. The maximum Gasteiger partial charge on any atom is 0.306 e. The van der Waals surface area contributed by atoms with E-state index in [1.54, 1.807) is 31.2 Å². The Morgan fingerprint density at radius 3 is 2.52 bits per heavy atom. The minimum atomic E-state index is -0.686. The summed E-state index contributed by atoms with van der Waals surface area (Å²) in [5.41, 5.74) is 0.934. The number of carbonyl (C=O) groups is 4. The van der Waals surface area contributed by atoms with Gasteiger partial charge in [-0.1, -0.05) is 17.3 Å². The number of carbonyl (C=O) groups excluding carboxylic acids is 4. The molecule has 0 spiro atoms. The van der Waals surface area contributed by atoms with Crippen LogP contribution in [0.3, 0.4) is 0 Å². The molecule has 0 fully saturated rings. The maximum absolute atomic E-state index is 11.9. The predicted molar refractivity (Wildman–Crippen MR) is 95.1 cm³/mol. The third-order valence-electron chi connectivity index (χ3n) is 3.37. The molecule has 142 valence electrons. The zero-order valence-electron chi connectivity index (χ0n) is 14.9. The van der Waals surface area contributed by atoms with Gasteiger partial charge in [0.1, 0.15) is 5.76 Å². The summed E-state index contributed by atoms with van der Waals surface area (Å²) in [6.45, 7) is 2.61. The van der Waals surface area contributed by atoms with Gasteiger partial charge in [-0.3, -0.25) is 19.2 Å². The van der Waals surface area contributed by atoms with Gasteiger partial charge in [0.25, 0.3) is 5.91 Å². The number of rotatable bonds is 8. The number of benzene rings is 1. The molecular formula is C18H19N3O6. The van der Waals surface area contributed by atoms with Crippen molar-refractivity contribution < 1.29 is 28.4 Å². The van der Waals surface area contributed by atoms with E-state index in [9.17, 15) is 19.2 Å². The number of anilines is 2. The molecule has 0 atom stereocenters. The highest BCUT2D eigenvalue weighted by Crippen LogP contribution is 2.12. The first-order valence-corrected chi connectivity index (χ1v) is 8.13. The number of nitrogens with zero attached hydrogens (tertiary/aromatic N) is 1. The molecular weight excluding hydrogens is 354 g/mol. The summed E-state index contributed by atoms with van der Waals surface area (Å²) in [7, 11) is 0. The van der Waals surface area contributed by atoms with Gasteiger partial charge in [-0.25, -0.2) is 0 Å². The highest BCUT2D eigenvalue weighted by Gasteiger charge is 2.12. The van der Waals surface area contributed by atoms with Gasteiger partial charge in [-0.15, -0.1) is 0 Å². The minimum Gasteiger partial charge on any atom is -0.456 e. The van der Waals surface area contributed by atoms with Gasteiger partial charge in [0.15, 0.2) is 18.2 Å². The lowest BCUT2D eigenvalue weighted by Crippen LogP contribution is -2.22. The molecule has 0 aliphatic rings. The number of esters is 1.